The summed E-state index contributed by atoms with van der Waals surface area (Å²) in [6.45, 7) is 0. The molecule has 2 heterocycles. The molecule has 0 saturated heterocycles. The van der Waals surface area contributed by atoms with Gasteiger partial charge in [-0.15, -0.1) is 0 Å². The third-order valence-corrected chi connectivity index (χ3v) is 2.61. The maximum atomic E-state index is 13.2. The van der Waals surface area contributed by atoms with E-state index in [9.17, 15) is 4.39 Å². The van der Waals surface area contributed by atoms with Crippen LogP contribution in [0.3, 0.4) is 0 Å². The first kappa shape index (κ1) is 10.6. The van der Waals surface area contributed by atoms with Gasteiger partial charge in [0, 0.05) is 11.8 Å². The van der Waals surface area contributed by atoms with Crippen LogP contribution in [0, 0.1) is 5.82 Å². The van der Waals surface area contributed by atoms with Crippen LogP contribution in [0.5, 0.6) is 0 Å². The van der Waals surface area contributed by atoms with Crippen molar-refractivity contribution in [2.45, 2.75) is 0 Å². The summed E-state index contributed by atoms with van der Waals surface area (Å²) < 4.78 is 13.2. The Morgan fingerprint density at radius 2 is 2.00 bits per heavy atom. The van der Waals surface area contributed by atoms with Crippen molar-refractivity contribution in [1.82, 2.24) is 15.0 Å². The molecule has 0 radical (unpaired) electrons. The van der Waals surface area contributed by atoms with Gasteiger partial charge in [-0.2, -0.15) is 0 Å². The zero-order valence-electron chi connectivity index (χ0n) is 9.34. The minimum Gasteiger partial charge on any atom is -0.382 e. The molecule has 18 heavy (non-hydrogen) atoms. The lowest BCUT2D eigenvalue weighted by Gasteiger charge is -2.03. The van der Waals surface area contributed by atoms with Crippen molar-refractivity contribution in [1.29, 1.82) is 0 Å². The molecule has 2 aromatic heterocycles. The Bertz CT molecular complexity index is 727. The lowest BCUT2D eigenvalue weighted by atomic mass is 10.1. The van der Waals surface area contributed by atoms with Gasteiger partial charge in [-0.05, 0) is 18.2 Å². The molecule has 0 aliphatic carbocycles. The predicted molar refractivity (Wildman–Crippen MR) is 67.1 cm³/mol. The second kappa shape index (κ2) is 4.03. The topological polar surface area (TPSA) is 64.7 Å². The largest absolute Gasteiger partial charge is 0.382 e. The fourth-order valence-corrected chi connectivity index (χ4v) is 1.75. The van der Waals surface area contributed by atoms with Crippen LogP contribution in [0.2, 0.25) is 0 Å². The summed E-state index contributed by atoms with van der Waals surface area (Å²) in [4.78, 5) is 12.6. The Morgan fingerprint density at radius 3 is 2.83 bits per heavy atom. The predicted octanol–water partition coefficient (Wildman–Crippen LogP) is 2.41. The first-order valence-electron chi connectivity index (χ1n) is 5.37. The van der Waals surface area contributed by atoms with E-state index < -0.39 is 0 Å². The van der Waals surface area contributed by atoms with Gasteiger partial charge in [0.05, 0.1) is 17.4 Å². The number of pyridine rings is 1. The lowest BCUT2D eigenvalue weighted by molar-refractivity contribution is 0.628. The van der Waals surface area contributed by atoms with Gasteiger partial charge in [-0.25, -0.2) is 19.3 Å². The quantitative estimate of drug-likeness (QED) is 0.709. The molecule has 0 amide bonds. The summed E-state index contributed by atoms with van der Waals surface area (Å²) in [7, 11) is 0. The van der Waals surface area contributed by atoms with Gasteiger partial charge in [0.2, 0.25) is 0 Å². The van der Waals surface area contributed by atoms with E-state index in [2.05, 4.69) is 15.0 Å². The molecule has 0 saturated carbocycles. The number of rotatable bonds is 1. The Morgan fingerprint density at radius 1 is 1.11 bits per heavy atom. The summed E-state index contributed by atoms with van der Waals surface area (Å²) in [5.41, 5.74) is 8.18. The molecule has 0 unspecified atom stereocenters. The highest BCUT2D eigenvalue weighted by atomic mass is 19.1. The molecule has 1 aromatic carbocycles. The maximum absolute atomic E-state index is 13.2. The number of fused-ring (bicyclic) bond motifs is 1. The number of anilines is 1. The number of halogens is 1. The van der Waals surface area contributed by atoms with E-state index in [0.29, 0.717) is 28.1 Å². The molecule has 3 rings (SSSR count). The van der Waals surface area contributed by atoms with Crippen LogP contribution in [0.15, 0.2) is 42.7 Å². The number of hydrogen-bond donors (Lipinski definition) is 1. The van der Waals surface area contributed by atoms with Crippen LogP contribution in [0.4, 0.5) is 10.2 Å². The van der Waals surface area contributed by atoms with Gasteiger partial charge in [0.1, 0.15) is 11.3 Å². The first-order chi connectivity index (χ1) is 8.74. The van der Waals surface area contributed by atoms with E-state index >= 15 is 0 Å². The van der Waals surface area contributed by atoms with Gasteiger partial charge >= 0.3 is 0 Å². The van der Waals surface area contributed by atoms with Crippen molar-refractivity contribution in [3.05, 3.63) is 48.5 Å². The zero-order chi connectivity index (χ0) is 12.5. The SMILES string of the molecule is Nc1nccc2nc(-c3cccc(F)c3)cnc12. The Hall–Kier alpha value is -2.56. The number of nitrogens with zero attached hydrogens (tertiary/aromatic N) is 3. The first-order valence-corrected chi connectivity index (χ1v) is 5.37. The molecule has 0 spiro atoms. The molecular formula is C13H9FN4. The standard InChI is InChI=1S/C13H9FN4/c14-9-3-1-2-8(6-9)11-7-17-12-10(18-11)4-5-16-13(12)15/h1-7H,(H2,15,16). The highest BCUT2D eigenvalue weighted by Crippen LogP contribution is 2.21. The van der Waals surface area contributed by atoms with Crippen LogP contribution >= 0.6 is 0 Å². The van der Waals surface area contributed by atoms with Crippen molar-refractivity contribution in [3.8, 4) is 11.3 Å². The molecule has 0 bridgehead atoms. The van der Waals surface area contributed by atoms with E-state index in [1.807, 2.05) is 0 Å². The van der Waals surface area contributed by atoms with Crippen LogP contribution in [-0.4, -0.2) is 15.0 Å². The fourth-order valence-electron chi connectivity index (χ4n) is 1.75. The fraction of sp³-hybridized carbons (Fsp3) is 0. The van der Waals surface area contributed by atoms with E-state index in [1.54, 1.807) is 30.6 Å². The Labute approximate surface area is 102 Å². The third kappa shape index (κ3) is 1.75. The molecule has 0 atom stereocenters. The number of hydrogen-bond acceptors (Lipinski definition) is 4. The van der Waals surface area contributed by atoms with Crippen molar-refractivity contribution in [3.63, 3.8) is 0 Å². The smallest absolute Gasteiger partial charge is 0.151 e. The number of nitrogen functional groups attached to an aromatic ring is 1. The number of nitrogens with two attached hydrogens (primary N) is 1. The second-order valence-corrected chi connectivity index (χ2v) is 3.83. The van der Waals surface area contributed by atoms with Gasteiger partial charge in [-0.1, -0.05) is 12.1 Å². The normalized spacial score (nSPS) is 10.7. The summed E-state index contributed by atoms with van der Waals surface area (Å²) in [5.74, 6) is 0.0365. The second-order valence-electron chi connectivity index (χ2n) is 3.83. The van der Waals surface area contributed by atoms with Gasteiger partial charge in [-0.3, -0.25) is 0 Å². The average Bonchev–Trinajstić information content (AvgIpc) is 2.39. The van der Waals surface area contributed by atoms with Crippen LogP contribution in [-0.2, 0) is 0 Å². The van der Waals surface area contributed by atoms with Crippen molar-refractivity contribution >= 4 is 16.9 Å². The molecule has 3 aromatic rings. The lowest BCUT2D eigenvalue weighted by Crippen LogP contribution is -1.96. The molecule has 0 aliphatic heterocycles. The Kier molecular flexibility index (Phi) is 2.37. The number of aromatic nitrogens is 3. The summed E-state index contributed by atoms with van der Waals surface area (Å²) in [6, 6.07) is 7.95. The van der Waals surface area contributed by atoms with Crippen LogP contribution < -0.4 is 5.73 Å². The summed E-state index contributed by atoms with van der Waals surface area (Å²) in [6.07, 6.45) is 3.14. The van der Waals surface area contributed by atoms with E-state index in [-0.39, 0.29) is 5.82 Å². The molecule has 88 valence electrons. The van der Waals surface area contributed by atoms with E-state index in [0.717, 1.165) is 0 Å². The van der Waals surface area contributed by atoms with Crippen LogP contribution in [0.1, 0.15) is 0 Å². The molecular weight excluding hydrogens is 231 g/mol. The van der Waals surface area contributed by atoms with Crippen molar-refractivity contribution in [2.75, 3.05) is 5.73 Å². The average molecular weight is 240 g/mol. The van der Waals surface area contributed by atoms with E-state index in [1.165, 1.54) is 12.1 Å². The van der Waals surface area contributed by atoms with Gasteiger partial charge in [0.25, 0.3) is 0 Å². The maximum Gasteiger partial charge on any atom is 0.151 e. The summed E-state index contributed by atoms with van der Waals surface area (Å²) in [5, 5.41) is 0. The summed E-state index contributed by atoms with van der Waals surface area (Å²) >= 11 is 0. The molecule has 5 heteroatoms. The van der Waals surface area contributed by atoms with Gasteiger partial charge < -0.3 is 5.73 Å². The molecule has 2 N–H and O–H groups in total. The molecule has 4 nitrogen and oxygen atoms in total. The van der Waals surface area contributed by atoms with E-state index in [4.69, 9.17) is 5.73 Å². The highest BCUT2D eigenvalue weighted by Gasteiger charge is 2.05. The molecule has 0 aliphatic rings. The van der Waals surface area contributed by atoms with Crippen molar-refractivity contribution < 1.29 is 4.39 Å². The van der Waals surface area contributed by atoms with Gasteiger partial charge in [0.15, 0.2) is 5.82 Å². The molecule has 0 fully saturated rings. The Balaban J connectivity index is 2.20. The number of benzene rings is 1. The highest BCUT2D eigenvalue weighted by molar-refractivity contribution is 5.85. The zero-order valence-corrected chi connectivity index (χ0v) is 9.34. The minimum absolute atomic E-state index is 0.302. The van der Waals surface area contributed by atoms with Crippen LogP contribution in [0.25, 0.3) is 22.3 Å². The van der Waals surface area contributed by atoms with Crippen molar-refractivity contribution in [2.24, 2.45) is 0 Å². The third-order valence-electron chi connectivity index (χ3n) is 2.61. The minimum atomic E-state index is -0.302. The monoisotopic (exact) mass is 240 g/mol.